The number of hydrogen-bond acceptors (Lipinski definition) is 4. The van der Waals surface area contributed by atoms with Crippen LogP contribution in [0.15, 0.2) is 24.3 Å². The number of para-hydroxylation sites is 1. The maximum atomic E-state index is 9.78. The lowest BCUT2D eigenvalue weighted by Gasteiger charge is -2.41. The molecule has 1 aromatic carbocycles. The van der Waals surface area contributed by atoms with Gasteiger partial charge in [-0.25, -0.2) is 0 Å². The van der Waals surface area contributed by atoms with Crippen molar-refractivity contribution >= 4 is 22.9 Å². The van der Waals surface area contributed by atoms with Crippen molar-refractivity contribution in [1.29, 1.82) is 0 Å². The predicted octanol–water partition coefficient (Wildman–Crippen LogP) is 1.86. The van der Waals surface area contributed by atoms with E-state index in [0.29, 0.717) is 0 Å². The van der Waals surface area contributed by atoms with Crippen molar-refractivity contribution in [2.45, 2.75) is 39.4 Å². The van der Waals surface area contributed by atoms with Crippen molar-refractivity contribution in [3.05, 3.63) is 29.8 Å². The molecule has 0 unspecified atom stereocenters. The van der Waals surface area contributed by atoms with Crippen LogP contribution in [-0.4, -0.2) is 31.6 Å². The van der Waals surface area contributed by atoms with Crippen LogP contribution >= 0.6 is 0 Å². The molecule has 0 amide bonds. The van der Waals surface area contributed by atoms with E-state index in [-0.39, 0.29) is 5.92 Å². The Hall–Kier alpha value is -0.666. The Morgan fingerprint density at radius 2 is 1.50 bits per heavy atom. The number of hydrogen-bond donors (Lipinski definition) is 3. The SMILES string of the molecule is CC(C)c1ccccc1N([Si](C)(C)C)[Si](O)(O)O. The van der Waals surface area contributed by atoms with Crippen molar-refractivity contribution in [3.63, 3.8) is 0 Å². The molecule has 3 N–H and O–H groups in total. The van der Waals surface area contributed by atoms with E-state index in [2.05, 4.69) is 13.8 Å². The molecule has 1 aromatic rings. The molecule has 0 atom stereocenters. The fourth-order valence-electron chi connectivity index (χ4n) is 2.15. The van der Waals surface area contributed by atoms with Gasteiger partial charge < -0.3 is 18.6 Å². The van der Waals surface area contributed by atoms with Gasteiger partial charge in [-0.3, -0.25) is 0 Å². The van der Waals surface area contributed by atoms with Crippen LogP contribution < -0.4 is 4.23 Å². The Morgan fingerprint density at radius 1 is 1.00 bits per heavy atom. The van der Waals surface area contributed by atoms with E-state index in [0.717, 1.165) is 11.3 Å². The Kier molecular flexibility index (Phi) is 4.40. The third-order valence-corrected chi connectivity index (χ3v) is 8.11. The van der Waals surface area contributed by atoms with Crippen molar-refractivity contribution in [2.75, 3.05) is 4.23 Å². The standard InChI is InChI=1S/C12H23NO3Si2/c1-10(2)11-8-6-7-9-12(11)13(17(3,4)5)18(14,15)16/h6-10,14-16H,1-5H3. The fourth-order valence-corrected chi connectivity index (χ4v) is 7.21. The van der Waals surface area contributed by atoms with Crippen LogP contribution in [0.4, 0.5) is 5.69 Å². The van der Waals surface area contributed by atoms with Crippen LogP contribution in [-0.2, 0) is 0 Å². The van der Waals surface area contributed by atoms with Gasteiger partial charge in [-0.1, -0.05) is 51.7 Å². The smallest absolute Gasteiger partial charge is 0.373 e. The van der Waals surface area contributed by atoms with Crippen LogP contribution in [0.25, 0.3) is 0 Å². The van der Waals surface area contributed by atoms with Crippen LogP contribution in [0.5, 0.6) is 0 Å². The highest BCUT2D eigenvalue weighted by Crippen LogP contribution is 2.32. The first-order chi connectivity index (χ1) is 8.05. The van der Waals surface area contributed by atoms with Gasteiger partial charge in [-0.2, -0.15) is 0 Å². The zero-order chi connectivity index (χ0) is 14.1. The molecule has 4 nitrogen and oxygen atoms in total. The van der Waals surface area contributed by atoms with E-state index in [9.17, 15) is 14.4 Å². The lowest BCUT2D eigenvalue weighted by molar-refractivity contribution is 0.231. The Bertz CT molecular complexity index is 397. The molecule has 18 heavy (non-hydrogen) atoms. The van der Waals surface area contributed by atoms with Crippen LogP contribution in [0.1, 0.15) is 25.3 Å². The summed E-state index contributed by atoms with van der Waals surface area (Å²) < 4.78 is 1.48. The first-order valence-electron chi connectivity index (χ1n) is 6.11. The lowest BCUT2D eigenvalue weighted by atomic mass is 10.0. The largest absolute Gasteiger partial charge is 0.616 e. The van der Waals surface area contributed by atoms with E-state index < -0.39 is 17.2 Å². The highest BCUT2D eigenvalue weighted by atomic mass is 28.4. The summed E-state index contributed by atoms with van der Waals surface area (Å²) >= 11 is 0. The van der Waals surface area contributed by atoms with Crippen molar-refractivity contribution in [2.24, 2.45) is 0 Å². The highest BCUT2D eigenvalue weighted by molar-refractivity contribution is 6.92. The molecule has 0 aliphatic heterocycles. The summed E-state index contributed by atoms with van der Waals surface area (Å²) in [6, 6.07) is 7.59. The molecule has 0 radical (unpaired) electrons. The lowest BCUT2D eigenvalue weighted by Crippen LogP contribution is -2.65. The minimum Gasteiger partial charge on any atom is -0.373 e. The summed E-state index contributed by atoms with van der Waals surface area (Å²) in [7, 11) is -6.44. The van der Waals surface area contributed by atoms with E-state index in [4.69, 9.17) is 0 Å². The average molecular weight is 285 g/mol. The maximum absolute atomic E-state index is 9.78. The third-order valence-electron chi connectivity index (χ3n) is 2.77. The Labute approximate surface area is 111 Å². The second-order valence-electron chi connectivity index (χ2n) is 5.82. The molecule has 0 aliphatic carbocycles. The zero-order valence-corrected chi connectivity index (χ0v) is 13.7. The maximum Gasteiger partial charge on any atom is 0.616 e. The molecular formula is C12H23NO3Si2. The molecule has 0 aromatic heterocycles. The van der Waals surface area contributed by atoms with Crippen LogP contribution in [0.2, 0.25) is 19.6 Å². The van der Waals surface area contributed by atoms with Gasteiger partial charge in [0.25, 0.3) is 0 Å². The fraction of sp³-hybridized carbons (Fsp3) is 0.500. The predicted molar refractivity (Wildman–Crippen MR) is 78.8 cm³/mol. The molecule has 0 saturated carbocycles. The van der Waals surface area contributed by atoms with E-state index in [1.54, 1.807) is 0 Å². The molecule has 0 spiro atoms. The molecule has 0 saturated heterocycles. The third kappa shape index (κ3) is 3.42. The molecule has 102 valence electrons. The van der Waals surface area contributed by atoms with Crippen LogP contribution in [0.3, 0.4) is 0 Å². The van der Waals surface area contributed by atoms with Crippen molar-refractivity contribution in [3.8, 4) is 0 Å². The number of anilines is 1. The Morgan fingerprint density at radius 3 is 1.89 bits per heavy atom. The summed E-state index contributed by atoms with van der Waals surface area (Å²) in [4.78, 5) is 29.4. The first-order valence-corrected chi connectivity index (χ1v) is 11.3. The normalized spacial score (nSPS) is 12.9. The summed E-state index contributed by atoms with van der Waals surface area (Å²) in [6.45, 7) is 10.0. The average Bonchev–Trinajstić information content (AvgIpc) is 2.13. The van der Waals surface area contributed by atoms with Gasteiger partial charge in [-0.05, 0) is 17.5 Å². The monoisotopic (exact) mass is 285 g/mol. The van der Waals surface area contributed by atoms with E-state index >= 15 is 0 Å². The van der Waals surface area contributed by atoms with Crippen LogP contribution in [0, 0.1) is 0 Å². The molecule has 1 rings (SSSR count). The van der Waals surface area contributed by atoms with Gasteiger partial charge >= 0.3 is 8.97 Å². The molecule has 0 fully saturated rings. The highest BCUT2D eigenvalue weighted by Gasteiger charge is 2.46. The molecule has 0 heterocycles. The summed E-state index contributed by atoms with van der Waals surface area (Å²) in [6.07, 6.45) is 0. The minimum absolute atomic E-state index is 0.261. The Balaban J connectivity index is 3.40. The van der Waals surface area contributed by atoms with Gasteiger partial charge in [0.15, 0.2) is 0 Å². The summed E-state index contributed by atoms with van der Waals surface area (Å²) in [5.74, 6) is 0.261. The van der Waals surface area contributed by atoms with E-state index in [1.165, 1.54) is 4.23 Å². The first kappa shape index (κ1) is 15.4. The zero-order valence-electron chi connectivity index (χ0n) is 11.7. The van der Waals surface area contributed by atoms with Gasteiger partial charge in [0, 0.05) is 5.69 Å². The quantitative estimate of drug-likeness (QED) is 0.739. The van der Waals surface area contributed by atoms with Crippen molar-refractivity contribution < 1.29 is 14.4 Å². The molecule has 6 heteroatoms. The topological polar surface area (TPSA) is 63.9 Å². The van der Waals surface area contributed by atoms with Gasteiger partial charge in [0.1, 0.15) is 8.24 Å². The number of benzene rings is 1. The van der Waals surface area contributed by atoms with Gasteiger partial charge in [0.05, 0.1) is 0 Å². The second kappa shape index (κ2) is 5.14. The summed E-state index contributed by atoms with van der Waals surface area (Å²) in [5.41, 5.74) is 1.76. The summed E-state index contributed by atoms with van der Waals surface area (Å²) in [5, 5.41) is 0. The van der Waals surface area contributed by atoms with Gasteiger partial charge in [-0.15, -0.1) is 0 Å². The van der Waals surface area contributed by atoms with Gasteiger partial charge in [0.2, 0.25) is 0 Å². The number of nitrogens with zero attached hydrogens (tertiary/aromatic N) is 1. The molecular weight excluding hydrogens is 262 g/mol. The van der Waals surface area contributed by atoms with Crippen molar-refractivity contribution in [1.82, 2.24) is 0 Å². The number of rotatable bonds is 4. The molecule has 0 bridgehead atoms. The van der Waals surface area contributed by atoms with E-state index in [1.807, 2.05) is 43.9 Å². The second-order valence-corrected chi connectivity index (χ2v) is 12.7. The minimum atomic E-state index is -4.35. The molecule has 0 aliphatic rings.